The first-order chi connectivity index (χ1) is 7.54. The van der Waals surface area contributed by atoms with Gasteiger partial charge in [-0.3, -0.25) is 0 Å². The van der Waals surface area contributed by atoms with Gasteiger partial charge in [0, 0.05) is 6.54 Å². The molecule has 4 nitrogen and oxygen atoms in total. The van der Waals surface area contributed by atoms with Crippen LogP contribution in [0, 0.1) is 0 Å². The van der Waals surface area contributed by atoms with Crippen molar-refractivity contribution in [1.29, 1.82) is 0 Å². The van der Waals surface area contributed by atoms with E-state index in [1.165, 1.54) is 0 Å². The van der Waals surface area contributed by atoms with Gasteiger partial charge in [0.25, 0.3) is 0 Å². The average molecular weight is 223 g/mol. The van der Waals surface area contributed by atoms with Crippen LogP contribution in [0.15, 0.2) is 18.2 Å². The lowest BCUT2D eigenvalue weighted by atomic mass is 10.1. The summed E-state index contributed by atoms with van der Waals surface area (Å²) in [7, 11) is 5.55. The molecule has 0 fully saturated rings. The van der Waals surface area contributed by atoms with Gasteiger partial charge in [-0.25, -0.2) is 4.79 Å². The molecule has 1 rings (SSSR count). The second kappa shape index (κ2) is 5.51. The van der Waals surface area contributed by atoms with E-state index in [9.17, 15) is 4.79 Å². The Kier molecular flexibility index (Phi) is 4.31. The Labute approximate surface area is 95.5 Å². The summed E-state index contributed by atoms with van der Waals surface area (Å²) in [5.41, 5.74) is 1.28. The van der Waals surface area contributed by atoms with Gasteiger partial charge in [-0.2, -0.15) is 0 Å². The maximum atomic E-state index is 10.8. The van der Waals surface area contributed by atoms with Crippen molar-refractivity contribution in [3.63, 3.8) is 0 Å². The second-order valence-corrected chi connectivity index (χ2v) is 3.89. The molecule has 0 heterocycles. The quantitative estimate of drug-likeness (QED) is 0.821. The van der Waals surface area contributed by atoms with Crippen LogP contribution in [0.1, 0.15) is 15.9 Å². The van der Waals surface area contributed by atoms with Gasteiger partial charge in [-0.15, -0.1) is 0 Å². The highest BCUT2D eigenvalue weighted by Gasteiger charge is 2.08. The first kappa shape index (κ1) is 12.5. The third-order valence-electron chi connectivity index (χ3n) is 2.36. The number of methoxy groups -OCH3 is 1. The van der Waals surface area contributed by atoms with Crippen LogP contribution in [-0.4, -0.2) is 43.7 Å². The van der Waals surface area contributed by atoms with Gasteiger partial charge in [-0.05, 0) is 38.2 Å². The van der Waals surface area contributed by atoms with Crippen LogP contribution in [0.25, 0.3) is 0 Å². The van der Waals surface area contributed by atoms with Crippen LogP contribution in [0.5, 0.6) is 5.75 Å². The molecule has 1 N–H and O–H groups in total. The fraction of sp³-hybridized carbons (Fsp3) is 0.417. The molecule has 1 aromatic rings. The summed E-state index contributed by atoms with van der Waals surface area (Å²) in [5, 5.41) is 8.85. The summed E-state index contributed by atoms with van der Waals surface area (Å²) in [4.78, 5) is 12.9. The molecule has 0 amide bonds. The fourth-order valence-electron chi connectivity index (χ4n) is 1.43. The Morgan fingerprint density at radius 1 is 1.44 bits per heavy atom. The Morgan fingerprint density at radius 3 is 2.62 bits per heavy atom. The molecule has 88 valence electrons. The number of benzene rings is 1. The van der Waals surface area contributed by atoms with Crippen molar-refractivity contribution in [1.82, 2.24) is 4.90 Å². The molecule has 0 bridgehead atoms. The van der Waals surface area contributed by atoms with Gasteiger partial charge in [-0.1, -0.05) is 6.07 Å². The maximum absolute atomic E-state index is 10.8. The van der Waals surface area contributed by atoms with Crippen LogP contribution in [0.3, 0.4) is 0 Å². The number of carboxylic acids is 1. The number of carbonyl (C=O) groups is 1. The first-order valence-corrected chi connectivity index (χ1v) is 5.09. The zero-order valence-electron chi connectivity index (χ0n) is 9.86. The van der Waals surface area contributed by atoms with E-state index in [4.69, 9.17) is 9.84 Å². The number of nitrogens with zero attached hydrogens (tertiary/aromatic N) is 1. The van der Waals surface area contributed by atoms with Crippen molar-refractivity contribution in [3.8, 4) is 5.75 Å². The molecule has 0 aliphatic heterocycles. The number of hydrogen-bond donors (Lipinski definition) is 1. The molecule has 0 spiro atoms. The van der Waals surface area contributed by atoms with E-state index >= 15 is 0 Å². The van der Waals surface area contributed by atoms with Crippen LogP contribution >= 0.6 is 0 Å². The van der Waals surface area contributed by atoms with E-state index in [0.717, 1.165) is 18.5 Å². The minimum Gasteiger partial charge on any atom is -0.496 e. The summed E-state index contributed by atoms with van der Waals surface area (Å²) in [5.74, 6) is -0.292. The van der Waals surface area contributed by atoms with Gasteiger partial charge in [0.1, 0.15) is 5.75 Å². The lowest BCUT2D eigenvalue weighted by Crippen LogP contribution is -2.15. The van der Waals surface area contributed by atoms with Gasteiger partial charge in [0.05, 0.1) is 12.7 Å². The van der Waals surface area contributed by atoms with Crippen molar-refractivity contribution in [2.45, 2.75) is 6.42 Å². The maximum Gasteiger partial charge on any atom is 0.335 e. The highest BCUT2D eigenvalue weighted by Crippen LogP contribution is 2.20. The van der Waals surface area contributed by atoms with Gasteiger partial charge in [0.15, 0.2) is 0 Å². The zero-order valence-corrected chi connectivity index (χ0v) is 9.86. The average Bonchev–Trinajstić information content (AvgIpc) is 2.25. The summed E-state index contributed by atoms with van der Waals surface area (Å²) < 4.78 is 5.19. The normalized spacial score (nSPS) is 10.5. The molecular weight excluding hydrogens is 206 g/mol. The number of hydrogen-bond acceptors (Lipinski definition) is 3. The second-order valence-electron chi connectivity index (χ2n) is 3.89. The molecule has 0 aliphatic carbocycles. The largest absolute Gasteiger partial charge is 0.496 e. The van der Waals surface area contributed by atoms with Gasteiger partial charge < -0.3 is 14.7 Å². The number of rotatable bonds is 5. The van der Waals surface area contributed by atoms with Crippen molar-refractivity contribution in [2.75, 3.05) is 27.7 Å². The van der Waals surface area contributed by atoms with Gasteiger partial charge in [0.2, 0.25) is 0 Å². The van der Waals surface area contributed by atoms with E-state index in [1.54, 1.807) is 19.2 Å². The smallest absolute Gasteiger partial charge is 0.335 e. The molecule has 0 unspecified atom stereocenters. The number of likely N-dealkylation sites (N-methyl/N-ethyl adjacent to an activating group) is 1. The fourth-order valence-corrected chi connectivity index (χ4v) is 1.43. The molecule has 0 aromatic heterocycles. The predicted octanol–water partition coefficient (Wildman–Crippen LogP) is 1.50. The van der Waals surface area contributed by atoms with E-state index in [0.29, 0.717) is 5.75 Å². The minimum atomic E-state index is -0.933. The highest BCUT2D eigenvalue weighted by molar-refractivity contribution is 5.88. The molecule has 0 aliphatic rings. The Balaban J connectivity index is 2.89. The molecule has 4 heteroatoms. The number of ether oxygens (including phenoxy) is 1. The molecule has 16 heavy (non-hydrogen) atoms. The van der Waals surface area contributed by atoms with Crippen LogP contribution in [-0.2, 0) is 6.42 Å². The molecule has 0 saturated heterocycles. The topological polar surface area (TPSA) is 49.8 Å². The van der Waals surface area contributed by atoms with E-state index < -0.39 is 5.97 Å². The van der Waals surface area contributed by atoms with Crippen LogP contribution in [0.2, 0.25) is 0 Å². The summed E-state index contributed by atoms with van der Waals surface area (Å²) >= 11 is 0. The monoisotopic (exact) mass is 223 g/mol. The Bertz CT molecular complexity index is 375. The number of aromatic carboxylic acids is 1. The zero-order chi connectivity index (χ0) is 12.1. The minimum absolute atomic E-state index is 0.255. The Morgan fingerprint density at radius 2 is 2.12 bits per heavy atom. The molecule has 1 aromatic carbocycles. The van der Waals surface area contributed by atoms with E-state index in [2.05, 4.69) is 4.90 Å². The summed E-state index contributed by atoms with van der Waals surface area (Å²) in [6.07, 6.45) is 0.843. The number of carboxylic acid groups (broad SMARTS) is 1. The van der Waals surface area contributed by atoms with Crippen molar-refractivity contribution in [2.24, 2.45) is 0 Å². The molecule has 0 atom stereocenters. The first-order valence-electron chi connectivity index (χ1n) is 5.09. The van der Waals surface area contributed by atoms with Crippen molar-refractivity contribution >= 4 is 5.97 Å². The SMILES string of the molecule is COc1cc(C(=O)O)ccc1CCN(C)C. The van der Waals surface area contributed by atoms with Crippen molar-refractivity contribution < 1.29 is 14.6 Å². The summed E-state index contributed by atoms with van der Waals surface area (Å²) in [6.45, 7) is 0.906. The van der Waals surface area contributed by atoms with Crippen LogP contribution < -0.4 is 4.74 Å². The highest BCUT2D eigenvalue weighted by atomic mass is 16.5. The van der Waals surface area contributed by atoms with E-state index in [1.807, 2.05) is 20.2 Å². The predicted molar refractivity (Wildman–Crippen MR) is 62.2 cm³/mol. The van der Waals surface area contributed by atoms with Gasteiger partial charge >= 0.3 is 5.97 Å². The molecule has 0 radical (unpaired) electrons. The lowest BCUT2D eigenvalue weighted by Gasteiger charge is -2.12. The van der Waals surface area contributed by atoms with Crippen LogP contribution in [0.4, 0.5) is 0 Å². The molecular formula is C12H17NO3. The third-order valence-corrected chi connectivity index (χ3v) is 2.36. The Hall–Kier alpha value is -1.55. The lowest BCUT2D eigenvalue weighted by molar-refractivity contribution is 0.0696. The third kappa shape index (κ3) is 3.24. The standard InChI is InChI=1S/C12H17NO3/c1-13(2)7-6-9-4-5-10(12(14)15)8-11(9)16-3/h4-5,8H,6-7H2,1-3H3,(H,14,15). The van der Waals surface area contributed by atoms with Crippen molar-refractivity contribution in [3.05, 3.63) is 29.3 Å². The summed E-state index contributed by atoms with van der Waals surface area (Å²) in [6, 6.07) is 4.98. The molecule has 0 saturated carbocycles. The van der Waals surface area contributed by atoms with E-state index in [-0.39, 0.29) is 5.56 Å².